The van der Waals surface area contributed by atoms with Crippen LogP contribution in [0.4, 0.5) is 0 Å². The molecular formula is C17H16O2. The second-order valence-electron chi connectivity index (χ2n) is 5.24. The topological polar surface area (TPSA) is 18.5 Å². The van der Waals surface area contributed by atoms with Crippen LogP contribution in [0.1, 0.15) is 29.2 Å². The van der Waals surface area contributed by atoms with Crippen molar-refractivity contribution in [3.05, 3.63) is 59.2 Å². The zero-order valence-corrected chi connectivity index (χ0v) is 10.8. The van der Waals surface area contributed by atoms with Crippen LogP contribution in [0.25, 0.3) is 0 Å². The monoisotopic (exact) mass is 252 g/mol. The Kier molecular flexibility index (Phi) is 2.47. The fraction of sp³-hybridized carbons (Fsp3) is 0.294. The summed E-state index contributed by atoms with van der Waals surface area (Å²) >= 11 is 0. The Bertz CT molecular complexity index is 593. The van der Waals surface area contributed by atoms with Crippen molar-refractivity contribution in [3.63, 3.8) is 0 Å². The molecule has 2 heterocycles. The molecule has 2 aliphatic rings. The van der Waals surface area contributed by atoms with Crippen LogP contribution in [0, 0.1) is 0 Å². The zero-order chi connectivity index (χ0) is 12.7. The van der Waals surface area contributed by atoms with Crippen molar-refractivity contribution in [2.24, 2.45) is 0 Å². The van der Waals surface area contributed by atoms with E-state index < -0.39 is 0 Å². The summed E-state index contributed by atoms with van der Waals surface area (Å²) in [4.78, 5) is 0. The van der Waals surface area contributed by atoms with Crippen LogP contribution in [0.15, 0.2) is 42.5 Å². The van der Waals surface area contributed by atoms with Gasteiger partial charge in [-0.1, -0.05) is 30.3 Å². The number of benzene rings is 2. The van der Waals surface area contributed by atoms with Crippen molar-refractivity contribution >= 4 is 0 Å². The average Bonchev–Trinajstić information content (AvgIpc) is 2.90. The molecule has 1 atom stereocenters. The molecule has 0 aromatic heterocycles. The fourth-order valence-corrected chi connectivity index (χ4v) is 2.93. The second-order valence-corrected chi connectivity index (χ2v) is 5.24. The number of aryl methyl sites for hydroxylation is 1. The first-order valence-electron chi connectivity index (χ1n) is 6.90. The normalized spacial score (nSPS) is 20.1. The quantitative estimate of drug-likeness (QED) is 0.770. The summed E-state index contributed by atoms with van der Waals surface area (Å²) in [7, 11) is 0. The lowest BCUT2D eigenvalue weighted by atomic mass is 9.99. The number of fused-ring (bicyclic) bond motifs is 2. The Morgan fingerprint density at radius 1 is 0.947 bits per heavy atom. The van der Waals surface area contributed by atoms with Crippen LogP contribution in [0.5, 0.6) is 11.5 Å². The molecule has 0 spiro atoms. The van der Waals surface area contributed by atoms with Gasteiger partial charge in [-0.2, -0.15) is 0 Å². The lowest BCUT2D eigenvalue weighted by molar-refractivity contribution is 0.236. The van der Waals surface area contributed by atoms with E-state index in [0.29, 0.717) is 0 Å². The van der Waals surface area contributed by atoms with Gasteiger partial charge in [0.15, 0.2) is 0 Å². The lowest BCUT2D eigenvalue weighted by Crippen LogP contribution is -2.10. The molecule has 2 aliphatic heterocycles. The van der Waals surface area contributed by atoms with Gasteiger partial charge in [0, 0.05) is 6.42 Å². The van der Waals surface area contributed by atoms with Gasteiger partial charge in [-0.15, -0.1) is 0 Å². The van der Waals surface area contributed by atoms with E-state index in [9.17, 15) is 0 Å². The van der Waals surface area contributed by atoms with Crippen LogP contribution in [-0.4, -0.2) is 6.61 Å². The first-order valence-corrected chi connectivity index (χ1v) is 6.90. The molecule has 0 fully saturated rings. The van der Waals surface area contributed by atoms with Gasteiger partial charge in [0.2, 0.25) is 0 Å². The second kappa shape index (κ2) is 4.30. The molecule has 0 radical (unpaired) electrons. The number of ether oxygens (including phenoxy) is 2. The third-order valence-corrected chi connectivity index (χ3v) is 3.96. The molecule has 1 unspecified atom stereocenters. The predicted octanol–water partition coefficient (Wildman–Crippen LogP) is 3.69. The first-order chi connectivity index (χ1) is 9.40. The number of rotatable bonds is 1. The van der Waals surface area contributed by atoms with E-state index in [1.54, 1.807) is 0 Å². The highest BCUT2D eigenvalue weighted by molar-refractivity contribution is 5.43. The van der Waals surface area contributed by atoms with E-state index in [4.69, 9.17) is 9.47 Å². The van der Waals surface area contributed by atoms with Gasteiger partial charge in [-0.05, 0) is 41.7 Å². The molecule has 0 aliphatic carbocycles. The molecule has 2 heteroatoms. The number of para-hydroxylation sites is 1. The van der Waals surface area contributed by atoms with Gasteiger partial charge in [-0.25, -0.2) is 0 Å². The van der Waals surface area contributed by atoms with Crippen LogP contribution in [-0.2, 0) is 12.8 Å². The summed E-state index contributed by atoms with van der Waals surface area (Å²) in [5.74, 6) is 2.06. The van der Waals surface area contributed by atoms with Crippen LogP contribution in [0.3, 0.4) is 0 Å². The molecule has 96 valence electrons. The predicted molar refractivity (Wildman–Crippen MR) is 73.8 cm³/mol. The summed E-state index contributed by atoms with van der Waals surface area (Å²) < 4.78 is 11.8. The molecule has 0 bridgehead atoms. The molecule has 2 aromatic rings. The third-order valence-electron chi connectivity index (χ3n) is 3.96. The van der Waals surface area contributed by atoms with E-state index in [2.05, 4.69) is 30.3 Å². The summed E-state index contributed by atoms with van der Waals surface area (Å²) in [6, 6.07) is 14.8. The van der Waals surface area contributed by atoms with E-state index in [1.807, 2.05) is 12.1 Å². The maximum atomic E-state index is 6.03. The Balaban J connectivity index is 1.64. The molecule has 0 amide bonds. The Morgan fingerprint density at radius 2 is 1.89 bits per heavy atom. The standard InChI is InChI=1S/C17H16O2/c1-2-6-15-13(4-1)11-17(19-15)14-8-7-12-5-3-9-18-16(12)10-14/h1-2,4,6-8,10,17H,3,5,9,11H2. The van der Waals surface area contributed by atoms with Gasteiger partial charge in [-0.3, -0.25) is 0 Å². The van der Waals surface area contributed by atoms with Crippen LogP contribution >= 0.6 is 0 Å². The smallest absolute Gasteiger partial charge is 0.128 e. The number of hydrogen-bond acceptors (Lipinski definition) is 2. The molecule has 0 saturated heterocycles. The highest BCUT2D eigenvalue weighted by Crippen LogP contribution is 2.38. The maximum absolute atomic E-state index is 6.03. The Hall–Kier alpha value is -1.96. The first kappa shape index (κ1) is 10.9. The highest BCUT2D eigenvalue weighted by Gasteiger charge is 2.25. The van der Waals surface area contributed by atoms with Gasteiger partial charge >= 0.3 is 0 Å². The SMILES string of the molecule is c1ccc2c(c1)CC(c1ccc3c(c1)OCCC3)O2. The van der Waals surface area contributed by atoms with Crippen LogP contribution in [0.2, 0.25) is 0 Å². The summed E-state index contributed by atoms with van der Waals surface area (Å²) in [5.41, 5.74) is 3.84. The lowest BCUT2D eigenvalue weighted by Gasteiger charge is -2.19. The van der Waals surface area contributed by atoms with Crippen molar-refractivity contribution in [2.75, 3.05) is 6.61 Å². The fourth-order valence-electron chi connectivity index (χ4n) is 2.93. The van der Waals surface area contributed by atoms with Crippen molar-refractivity contribution in [2.45, 2.75) is 25.4 Å². The summed E-state index contributed by atoms with van der Waals surface area (Å²) in [6.45, 7) is 0.836. The molecule has 0 saturated carbocycles. The van der Waals surface area contributed by atoms with E-state index in [0.717, 1.165) is 37.4 Å². The zero-order valence-electron chi connectivity index (χ0n) is 10.8. The van der Waals surface area contributed by atoms with Crippen molar-refractivity contribution in [3.8, 4) is 11.5 Å². The van der Waals surface area contributed by atoms with E-state index >= 15 is 0 Å². The van der Waals surface area contributed by atoms with E-state index in [1.165, 1.54) is 16.7 Å². The molecular weight excluding hydrogens is 236 g/mol. The minimum absolute atomic E-state index is 0.133. The van der Waals surface area contributed by atoms with E-state index in [-0.39, 0.29) is 6.10 Å². The number of hydrogen-bond donors (Lipinski definition) is 0. The van der Waals surface area contributed by atoms with Crippen LogP contribution < -0.4 is 9.47 Å². The van der Waals surface area contributed by atoms with Gasteiger partial charge < -0.3 is 9.47 Å². The largest absolute Gasteiger partial charge is 0.493 e. The molecule has 4 rings (SSSR count). The molecule has 0 N–H and O–H groups in total. The minimum Gasteiger partial charge on any atom is -0.493 e. The summed E-state index contributed by atoms with van der Waals surface area (Å²) in [6.07, 6.45) is 3.34. The van der Waals surface area contributed by atoms with Crippen molar-refractivity contribution < 1.29 is 9.47 Å². The van der Waals surface area contributed by atoms with Crippen molar-refractivity contribution in [1.29, 1.82) is 0 Å². The van der Waals surface area contributed by atoms with Gasteiger partial charge in [0.05, 0.1) is 6.61 Å². The average molecular weight is 252 g/mol. The third kappa shape index (κ3) is 1.88. The minimum atomic E-state index is 0.133. The van der Waals surface area contributed by atoms with Gasteiger partial charge in [0.25, 0.3) is 0 Å². The Morgan fingerprint density at radius 3 is 2.84 bits per heavy atom. The van der Waals surface area contributed by atoms with Crippen molar-refractivity contribution in [1.82, 2.24) is 0 Å². The van der Waals surface area contributed by atoms with Gasteiger partial charge in [0.1, 0.15) is 17.6 Å². The maximum Gasteiger partial charge on any atom is 0.128 e. The molecule has 2 aromatic carbocycles. The Labute approximate surface area is 113 Å². The molecule has 19 heavy (non-hydrogen) atoms. The summed E-state index contributed by atoms with van der Waals surface area (Å²) in [5, 5.41) is 0. The molecule has 2 nitrogen and oxygen atoms in total. The highest BCUT2D eigenvalue weighted by atomic mass is 16.5.